The third kappa shape index (κ3) is 4.52. The van der Waals surface area contributed by atoms with Crippen molar-refractivity contribution >= 4 is 16.0 Å². The van der Waals surface area contributed by atoms with Crippen LogP contribution in [0.5, 0.6) is 0 Å². The molecule has 0 saturated heterocycles. The van der Waals surface area contributed by atoms with Crippen molar-refractivity contribution in [3.05, 3.63) is 0 Å². The third-order valence-electron chi connectivity index (χ3n) is 0.474. The van der Waals surface area contributed by atoms with Crippen molar-refractivity contribution in [2.24, 2.45) is 0 Å². The Morgan fingerprint density at radius 3 is 2.00 bits per heavy atom. The molecule has 1 unspecified atom stereocenters. The number of hydrogen-bond acceptors (Lipinski definition) is 1. The van der Waals surface area contributed by atoms with Gasteiger partial charge in [0, 0.05) is 0 Å². The van der Waals surface area contributed by atoms with Gasteiger partial charge in [0.1, 0.15) is 0 Å². The van der Waals surface area contributed by atoms with Gasteiger partial charge in [-0.25, -0.2) is 0 Å². The molecule has 0 saturated carbocycles. The summed E-state index contributed by atoms with van der Waals surface area (Å²) in [5.74, 6) is 0. The second kappa shape index (κ2) is 3.70. The second-order valence-electron chi connectivity index (χ2n) is 1.41. The Labute approximate surface area is 46.6 Å². The van der Waals surface area contributed by atoms with Crippen LogP contribution in [0.1, 0.15) is 6.92 Å². The van der Waals surface area contributed by atoms with Gasteiger partial charge < -0.3 is 0 Å². The molecule has 38 valence electrons. The van der Waals surface area contributed by atoms with Crippen LogP contribution in [-0.2, 0) is 0 Å². The van der Waals surface area contributed by atoms with Crippen molar-refractivity contribution in [2.45, 2.75) is 12.1 Å². The van der Waals surface area contributed by atoms with Crippen LogP contribution in [0.2, 0.25) is 5.21 Å². The fourth-order valence-corrected chi connectivity index (χ4v) is 1.64. The Balaban J connectivity index is 2.63. The molecular formula is C4H12AsN. The molecule has 0 aliphatic heterocycles. The zero-order valence-corrected chi connectivity index (χ0v) is 6.75. The minimum absolute atomic E-state index is 0.292. The number of rotatable bonds is 2. The first-order chi connectivity index (χ1) is 2.77. The van der Waals surface area contributed by atoms with E-state index < -0.39 is 0 Å². The molecule has 0 spiro atoms. The first-order valence-corrected chi connectivity index (χ1v) is 4.60. The van der Waals surface area contributed by atoms with E-state index in [1.807, 2.05) is 0 Å². The SMILES string of the molecule is CC[AsH]N(C)C. The van der Waals surface area contributed by atoms with Crippen molar-refractivity contribution in [2.75, 3.05) is 14.1 Å². The van der Waals surface area contributed by atoms with E-state index in [0.29, 0.717) is 16.0 Å². The molecule has 0 aromatic rings. The maximum absolute atomic E-state index is 2.31. The Kier molecular flexibility index (Phi) is 4.02. The summed E-state index contributed by atoms with van der Waals surface area (Å²) in [5.41, 5.74) is 0. The molecule has 0 amide bonds. The van der Waals surface area contributed by atoms with E-state index in [1.54, 1.807) is 0 Å². The molecule has 0 aliphatic rings. The predicted octanol–water partition coefficient (Wildman–Crippen LogP) is 0.338. The molecule has 0 aromatic carbocycles. The topological polar surface area (TPSA) is 3.24 Å². The summed E-state index contributed by atoms with van der Waals surface area (Å²) in [7, 11) is 4.28. The van der Waals surface area contributed by atoms with Gasteiger partial charge in [-0.2, -0.15) is 0 Å². The molecule has 0 N–H and O–H groups in total. The summed E-state index contributed by atoms with van der Waals surface area (Å²) in [4.78, 5) is 0. The molecule has 1 nitrogen and oxygen atoms in total. The number of hydrogen-bond donors (Lipinski definition) is 0. The zero-order chi connectivity index (χ0) is 4.99. The van der Waals surface area contributed by atoms with Crippen LogP contribution in [0, 0.1) is 0 Å². The molecule has 0 rings (SSSR count). The van der Waals surface area contributed by atoms with E-state index in [2.05, 4.69) is 24.8 Å². The summed E-state index contributed by atoms with van der Waals surface area (Å²) < 4.78 is 2.31. The van der Waals surface area contributed by atoms with E-state index in [9.17, 15) is 0 Å². The van der Waals surface area contributed by atoms with Gasteiger partial charge in [-0.3, -0.25) is 0 Å². The minimum atomic E-state index is 0.292. The molecule has 0 radical (unpaired) electrons. The van der Waals surface area contributed by atoms with Gasteiger partial charge in [-0.1, -0.05) is 0 Å². The van der Waals surface area contributed by atoms with Gasteiger partial charge in [0.25, 0.3) is 0 Å². The van der Waals surface area contributed by atoms with Gasteiger partial charge >= 0.3 is 46.0 Å². The summed E-state index contributed by atoms with van der Waals surface area (Å²) in [6.45, 7) is 2.24. The predicted molar refractivity (Wildman–Crippen MR) is 31.3 cm³/mol. The molecule has 6 heavy (non-hydrogen) atoms. The molecule has 1 atom stereocenters. The van der Waals surface area contributed by atoms with Gasteiger partial charge in [0.15, 0.2) is 0 Å². The Bertz CT molecular complexity index is 28.7. The molecular weight excluding hydrogens is 137 g/mol. The van der Waals surface area contributed by atoms with Gasteiger partial charge in [-0.15, -0.1) is 0 Å². The fraction of sp³-hybridized carbons (Fsp3) is 1.00. The van der Waals surface area contributed by atoms with Gasteiger partial charge in [0.05, 0.1) is 0 Å². The van der Waals surface area contributed by atoms with Crippen molar-refractivity contribution in [1.29, 1.82) is 0 Å². The van der Waals surface area contributed by atoms with E-state index >= 15 is 0 Å². The van der Waals surface area contributed by atoms with Gasteiger partial charge in [0.2, 0.25) is 0 Å². The van der Waals surface area contributed by atoms with Crippen LogP contribution in [0.3, 0.4) is 0 Å². The number of nitrogens with zero attached hydrogens (tertiary/aromatic N) is 1. The Morgan fingerprint density at radius 1 is 1.50 bits per heavy atom. The van der Waals surface area contributed by atoms with Crippen LogP contribution in [-0.4, -0.2) is 33.9 Å². The van der Waals surface area contributed by atoms with E-state index in [0.717, 1.165) is 0 Å². The van der Waals surface area contributed by atoms with Crippen molar-refractivity contribution < 1.29 is 0 Å². The standard InChI is InChI=1S/C4H12AsN/c1-4-5-6(2)3/h5H,4H2,1-3H3. The average molecular weight is 149 g/mol. The Hall–Kier alpha value is 0.518. The maximum atomic E-state index is 2.31. The monoisotopic (exact) mass is 149 g/mol. The van der Waals surface area contributed by atoms with Crippen molar-refractivity contribution in [1.82, 2.24) is 3.82 Å². The summed E-state index contributed by atoms with van der Waals surface area (Å²) in [6.07, 6.45) is 0. The molecule has 0 aromatic heterocycles. The molecule has 2 heteroatoms. The van der Waals surface area contributed by atoms with E-state index in [4.69, 9.17) is 0 Å². The van der Waals surface area contributed by atoms with Crippen molar-refractivity contribution in [3.8, 4) is 0 Å². The Morgan fingerprint density at radius 2 is 2.00 bits per heavy atom. The molecule has 0 heterocycles. The van der Waals surface area contributed by atoms with Crippen LogP contribution >= 0.6 is 0 Å². The summed E-state index contributed by atoms with van der Waals surface area (Å²) in [6, 6.07) is 0. The quantitative estimate of drug-likeness (QED) is 0.511. The van der Waals surface area contributed by atoms with E-state index in [1.165, 1.54) is 5.21 Å². The van der Waals surface area contributed by atoms with Crippen LogP contribution in [0.4, 0.5) is 0 Å². The van der Waals surface area contributed by atoms with Crippen LogP contribution in [0.25, 0.3) is 0 Å². The molecule has 0 bridgehead atoms. The van der Waals surface area contributed by atoms with Crippen LogP contribution in [0.15, 0.2) is 0 Å². The van der Waals surface area contributed by atoms with Crippen LogP contribution < -0.4 is 0 Å². The zero-order valence-electron chi connectivity index (χ0n) is 4.65. The average Bonchev–Trinajstić information content (AvgIpc) is 1.35. The first-order valence-electron chi connectivity index (χ1n) is 2.18. The molecule has 0 fully saturated rings. The van der Waals surface area contributed by atoms with Gasteiger partial charge in [-0.05, 0) is 0 Å². The second-order valence-corrected chi connectivity index (χ2v) is 5.43. The third-order valence-corrected chi connectivity index (χ3v) is 2.46. The first kappa shape index (κ1) is 6.52. The summed E-state index contributed by atoms with van der Waals surface area (Å²) >= 11 is 0.292. The molecule has 0 aliphatic carbocycles. The normalized spacial score (nSPS) is 12.0. The van der Waals surface area contributed by atoms with E-state index in [-0.39, 0.29) is 0 Å². The summed E-state index contributed by atoms with van der Waals surface area (Å²) in [5, 5.41) is 1.38. The fourth-order valence-electron chi connectivity index (χ4n) is 0.316. The van der Waals surface area contributed by atoms with Crippen molar-refractivity contribution in [3.63, 3.8) is 0 Å².